The Morgan fingerprint density at radius 2 is 1.92 bits per heavy atom. The summed E-state index contributed by atoms with van der Waals surface area (Å²) in [5, 5.41) is 10.7. The lowest BCUT2D eigenvalue weighted by molar-refractivity contribution is -0.111. The Bertz CT molecular complexity index is 1380. The van der Waals surface area contributed by atoms with Gasteiger partial charge in [0.1, 0.15) is 11.4 Å². The van der Waals surface area contributed by atoms with Crippen molar-refractivity contribution in [3.05, 3.63) is 61.6 Å². The highest BCUT2D eigenvalue weighted by Gasteiger charge is 2.17. The quantitative estimate of drug-likeness (QED) is 0.326. The Morgan fingerprint density at radius 1 is 1.08 bits per heavy atom. The predicted molar refractivity (Wildman–Crippen MR) is 141 cm³/mol. The minimum absolute atomic E-state index is 0.312. The first-order valence-electron chi connectivity index (χ1n) is 11.3. The molecule has 0 saturated carbocycles. The highest BCUT2D eigenvalue weighted by Crippen LogP contribution is 2.38. The molecule has 4 rings (SSSR count). The molecule has 0 aliphatic carbocycles. The molecule has 0 atom stereocenters. The summed E-state index contributed by atoms with van der Waals surface area (Å²) in [4.78, 5) is 29.5. The van der Waals surface area contributed by atoms with Crippen LogP contribution in [0, 0.1) is 0 Å². The van der Waals surface area contributed by atoms with E-state index in [2.05, 4.69) is 47.1 Å². The van der Waals surface area contributed by atoms with Gasteiger partial charge in [-0.2, -0.15) is 5.10 Å². The van der Waals surface area contributed by atoms with Crippen LogP contribution < -0.4 is 20.3 Å². The van der Waals surface area contributed by atoms with Gasteiger partial charge in [-0.05, 0) is 44.4 Å². The number of anilines is 4. The lowest BCUT2D eigenvalue weighted by Gasteiger charge is -2.26. The monoisotopic (exact) mass is 487 g/mol. The van der Waals surface area contributed by atoms with Crippen LogP contribution in [-0.2, 0) is 4.79 Å². The number of nitrogens with zero attached hydrogens (tertiary/aromatic N) is 7. The number of rotatable bonds is 10. The number of hydrogen-bond donors (Lipinski definition) is 2. The fraction of sp³-hybridized carbons (Fsp3) is 0.240. The number of fused-ring (bicyclic) bond motifs is 1. The number of imidazole rings is 1. The zero-order chi connectivity index (χ0) is 25.7. The average molecular weight is 488 g/mol. The number of likely N-dealkylation sites (N-methyl/N-ethyl adjacent to an activating group) is 2. The molecule has 11 nitrogen and oxygen atoms in total. The third-order valence-corrected chi connectivity index (χ3v) is 5.47. The van der Waals surface area contributed by atoms with Gasteiger partial charge in [-0.3, -0.25) is 4.79 Å². The SMILES string of the molecule is C=CC(=O)Nc1cc(Nc2nccc(-c3ccc4nccn4n3)n2)c(OC)cc1N(C)CCN(C)C. The molecule has 0 unspecified atom stereocenters. The second-order valence-corrected chi connectivity index (χ2v) is 8.33. The van der Waals surface area contributed by atoms with Gasteiger partial charge in [0.15, 0.2) is 5.65 Å². The molecule has 3 heterocycles. The zero-order valence-corrected chi connectivity index (χ0v) is 20.8. The number of amides is 1. The number of carbonyl (C=O) groups excluding carboxylic acids is 1. The standard InChI is InChI=1S/C25H29N9O2/c1-6-24(35)28-19-15-20(22(36-5)16-21(19)33(4)14-13-32(2)3)30-25-27-10-9-17(29-25)18-7-8-23-26-11-12-34(23)31-18/h6-12,15-16H,1,13-14H2,2-5H3,(H,28,35)(H,27,29,30). The van der Waals surface area contributed by atoms with Crippen molar-refractivity contribution < 1.29 is 9.53 Å². The highest BCUT2D eigenvalue weighted by molar-refractivity contribution is 6.02. The van der Waals surface area contributed by atoms with E-state index in [0.717, 1.165) is 24.4 Å². The second kappa shape index (κ2) is 10.8. The molecule has 0 saturated heterocycles. The molecule has 3 aromatic heterocycles. The summed E-state index contributed by atoms with van der Waals surface area (Å²) in [6.07, 6.45) is 6.36. The lowest BCUT2D eigenvalue weighted by Crippen LogP contribution is -2.29. The molecule has 0 fully saturated rings. The van der Waals surface area contributed by atoms with Crippen LogP contribution in [0.4, 0.5) is 23.0 Å². The maximum absolute atomic E-state index is 12.2. The van der Waals surface area contributed by atoms with Crippen molar-refractivity contribution in [1.82, 2.24) is 29.5 Å². The van der Waals surface area contributed by atoms with Crippen molar-refractivity contribution in [1.29, 1.82) is 0 Å². The summed E-state index contributed by atoms with van der Waals surface area (Å²) < 4.78 is 7.35. The largest absolute Gasteiger partial charge is 0.494 e. The van der Waals surface area contributed by atoms with Crippen LogP contribution in [0.5, 0.6) is 5.75 Å². The smallest absolute Gasteiger partial charge is 0.247 e. The summed E-state index contributed by atoms with van der Waals surface area (Å²) in [6, 6.07) is 9.19. The maximum atomic E-state index is 12.2. The average Bonchev–Trinajstić information content (AvgIpc) is 3.35. The van der Waals surface area contributed by atoms with Gasteiger partial charge < -0.3 is 25.2 Å². The molecule has 11 heteroatoms. The van der Waals surface area contributed by atoms with E-state index < -0.39 is 0 Å². The van der Waals surface area contributed by atoms with E-state index in [4.69, 9.17) is 4.74 Å². The van der Waals surface area contributed by atoms with Gasteiger partial charge >= 0.3 is 0 Å². The fourth-order valence-corrected chi connectivity index (χ4v) is 3.54. The van der Waals surface area contributed by atoms with E-state index in [0.29, 0.717) is 34.5 Å². The van der Waals surface area contributed by atoms with Crippen molar-refractivity contribution in [3.63, 3.8) is 0 Å². The number of benzene rings is 1. The number of carbonyl (C=O) groups is 1. The molecular formula is C25H29N9O2. The molecule has 1 amide bonds. The molecule has 0 radical (unpaired) electrons. The van der Waals surface area contributed by atoms with E-state index in [-0.39, 0.29) is 5.91 Å². The van der Waals surface area contributed by atoms with Crippen LogP contribution in [0.1, 0.15) is 0 Å². The van der Waals surface area contributed by atoms with Crippen molar-refractivity contribution in [3.8, 4) is 17.1 Å². The normalized spacial score (nSPS) is 10.9. The number of hydrogen-bond acceptors (Lipinski definition) is 9. The number of aromatic nitrogens is 5. The Kier molecular flexibility index (Phi) is 7.40. The Hall–Kier alpha value is -4.51. The topological polar surface area (TPSA) is 113 Å². The van der Waals surface area contributed by atoms with Crippen molar-refractivity contribution in [2.24, 2.45) is 0 Å². The molecule has 0 bridgehead atoms. The van der Waals surface area contributed by atoms with Crippen LogP contribution in [0.15, 0.2) is 61.6 Å². The minimum atomic E-state index is -0.312. The van der Waals surface area contributed by atoms with Gasteiger partial charge in [0.25, 0.3) is 0 Å². The Labute approximate surface area is 209 Å². The van der Waals surface area contributed by atoms with Crippen molar-refractivity contribution in [2.45, 2.75) is 0 Å². The first kappa shape index (κ1) is 24.6. The molecule has 36 heavy (non-hydrogen) atoms. The van der Waals surface area contributed by atoms with Gasteiger partial charge in [-0.15, -0.1) is 0 Å². The molecule has 1 aromatic carbocycles. The number of nitrogens with one attached hydrogen (secondary N) is 2. The second-order valence-electron chi connectivity index (χ2n) is 8.33. The maximum Gasteiger partial charge on any atom is 0.247 e. The predicted octanol–water partition coefficient (Wildman–Crippen LogP) is 3.06. The minimum Gasteiger partial charge on any atom is -0.494 e. The Balaban J connectivity index is 1.67. The Morgan fingerprint density at radius 3 is 2.67 bits per heavy atom. The van der Waals surface area contributed by atoms with Crippen LogP contribution in [0.3, 0.4) is 0 Å². The first-order chi connectivity index (χ1) is 17.4. The summed E-state index contributed by atoms with van der Waals surface area (Å²) >= 11 is 0. The summed E-state index contributed by atoms with van der Waals surface area (Å²) in [6.45, 7) is 5.15. The zero-order valence-electron chi connectivity index (χ0n) is 20.8. The van der Waals surface area contributed by atoms with E-state index in [1.807, 2.05) is 39.3 Å². The molecule has 0 spiro atoms. The summed E-state index contributed by atoms with van der Waals surface area (Å²) in [5.74, 6) is 0.617. The molecule has 2 N–H and O–H groups in total. The van der Waals surface area contributed by atoms with Gasteiger partial charge in [-0.25, -0.2) is 19.5 Å². The van der Waals surface area contributed by atoms with Crippen molar-refractivity contribution in [2.75, 3.05) is 56.9 Å². The highest BCUT2D eigenvalue weighted by atomic mass is 16.5. The third kappa shape index (κ3) is 5.58. The molecule has 186 valence electrons. The van der Waals surface area contributed by atoms with Gasteiger partial charge in [0, 0.05) is 44.8 Å². The number of ether oxygens (including phenoxy) is 1. The van der Waals surface area contributed by atoms with Gasteiger partial charge in [-0.1, -0.05) is 6.58 Å². The fourth-order valence-electron chi connectivity index (χ4n) is 3.54. The van der Waals surface area contributed by atoms with E-state index >= 15 is 0 Å². The van der Waals surface area contributed by atoms with E-state index in [1.165, 1.54) is 6.08 Å². The number of methoxy groups -OCH3 is 1. The van der Waals surface area contributed by atoms with E-state index in [1.54, 1.807) is 42.3 Å². The van der Waals surface area contributed by atoms with Crippen molar-refractivity contribution >= 4 is 34.6 Å². The first-order valence-corrected chi connectivity index (χ1v) is 11.3. The van der Waals surface area contributed by atoms with Gasteiger partial charge in [0.05, 0.1) is 29.9 Å². The summed E-state index contributed by atoms with van der Waals surface area (Å²) in [5.41, 5.74) is 4.07. The van der Waals surface area contributed by atoms with E-state index in [9.17, 15) is 4.79 Å². The van der Waals surface area contributed by atoms with Crippen LogP contribution in [0.25, 0.3) is 17.0 Å². The molecule has 0 aliphatic heterocycles. The summed E-state index contributed by atoms with van der Waals surface area (Å²) in [7, 11) is 7.58. The molecule has 0 aliphatic rings. The van der Waals surface area contributed by atoms with Gasteiger partial charge in [0.2, 0.25) is 11.9 Å². The third-order valence-electron chi connectivity index (χ3n) is 5.47. The molecular weight excluding hydrogens is 458 g/mol. The van der Waals surface area contributed by atoms with Crippen LogP contribution in [0.2, 0.25) is 0 Å². The molecule has 4 aromatic rings. The van der Waals surface area contributed by atoms with Crippen LogP contribution in [-0.4, -0.2) is 76.7 Å². The lowest BCUT2D eigenvalue weighted by atomic mass is 10.2. The van der Waals surface area contributed by atoms with Crippen LogP contribution >= 0.6 is 0 Å².